The predicted octanol–water partition coefficient (Wildman–Crippen LogP) is 2.74. The molecular formula is C16H19N3O3S. The van der Waals surface area contributed by atoms with Crippen LogP contribution in [0, 0.1) is 0 Å². The van der Waals surface area contributed by atoms with E-state index in [2.05, 4.69) is 10.3 Å². The van der Waals surface area contributed by atoms with Crippen LogP contribution >= 0.6 is 11.3 Å². The molecule has 1 N–H and O–H groups in total. The fraction of sp³-hybridized carbons (Fsp3) is 0.438. The van der Waals surface area contributed by atoms with Gasteiger partial charge in [-0.3, -0.25) is 9.59 Å². The minimum absolute atomic E-state index is 0.0279. The molecule has 122 valence electrons. The first-order chi connectivity index (χ1) is 11.1. The van der Waals surface area contributed by atoms with Crippen LogP contribution in [0.2, 0.25) is 0 Å². The van der Waals surface area contributed by atoms with Gasteiger partial charge in [-0.05, 0) is 31.4 Å². The quantitative estimate of drug-likeness (QED) is 0.933. The van der Waals surface area contributed by atoms with E-state index in [-0.39, 0.29) is 17.9 Å². The zero-order valence-electron chi connectivity index (χ0n) is 12.9. The number of amides is 2. The smallest absolute Gasteiger partial charge is 0.290 e. The van der Waals surface area contributed by atoms with Crippen LogP contribution in [0.25, 0.3) is 0 Å². The van der Waals surface area contributed by atoms with E-state index in [0.717, 1.165) is 24.3 Å². The lowest BCUT2D eigenvalue weighted by Gasteiger charge is -2.33. The maximum atomic E-state index is 12.8. The molecule has 1 aliphatic rings. The Hall–Kier alpha value is -2.15. The summed E-state index contributed by atoms with van der Waals surface area (Å²) in [5, 5.41) is 5.57. The number of furan rings is 1. The number of hydrogen-bond donors (Lipinski definition) is 1. The maximum Gasteiger partial charge on any atom is 0.290 e. The number of piperidine rings is 1. The molecular weight excluding hydrogens is 314 g/mol. The van der Waals surface area contributed by atoms with Gasteiger partial charge in [-0.1, -0.05) is 0 Å². The van der Waals surface area contributed by atoms with E-state index in [4.69, 9.17) is 4.42 Å². The molecule has 6 nitrogen and oxygen atoms in total. The van der Waals surface area contributed by atoms with Crippen LogP contribution in [0.15, 0.2) is 28.1 Å². The number of nitrogens with one attached hydrogen (secondary N) is 1. The van der Waals surface area contributed by atoms with E-state index in [1.54, 1.807) is 29.7 Å². The Bertz CT molecular complexity index is 681. The van der Waals surface area contributed by atoms with Gasteiger partial charge in [0.25, 0.3) is 5.91 Å². The molecule has 2 aromatic heterocycles. The summed E-state index contributed by atoms with van der Waals surface area (Å²) in [5.74, 6) is 0.647. The zero-order chi connectivity index (χ0) is 16.2. The van der Waals surface area contributed by atoms with Crippen molar-refractivity contribution in [3.05, 3.63) is 40.2 Å². The summed E-state index contributed by atoms with van der Waals surface area (Å²) < 4.78 is 5.59. The highest BCUT2D eigenvalue weighted by molar-refractivity contribution is 7.09. The number of thiazole rings is 1. The predicted molar refractivity (Wildman–Crippen MR) is 86.0 cm³/mol. The average Bonchev–Trinajstić information content (AvgIpc) is 3.24. The minimum atomic E-state index is -0.130. The van der Waals surface area contributed by atoms with Gasteiger partial charge >= 0.3 is 0 Å². The van der Waals surface area contributed by atoms with Crippen molar-refractivity contribution in [2.24, 2.45) is 0 Å². The summed E-state index contributed by atoms with van der Waals surface area (Å²) in [5.41, 5.74) is 0. The SMILES string of the molecule is CC(=O)NCc1ccc(C(=O)N2CCCCC2c2nccs2)o1. The minimum Gasteiger partial charge on any atom is -0.454 e. The van der Waals surface area contributed by atoms with E-state index < -0.39 is 0 Å². The Morgan fingerprint density at radius 3 is 3.04 bits per heavy atom. The molecule has 0 bridgehead atoms. The summed E-state index contributed by atoms with van der Waals surface area (Å²) >= 11 is 1.58. The van der Waals surface area contributed by atoms with E-state index in [9.17, 15) is 9.59 Å². The van der Waals surface area contributed by atoms with Gasteiger partial charge in [0.05, 0.1) is 12.6 Å². The van der Waals surface area contributed by atoms with Crippen molar-refractivity contribution in [2.75, 3.05) is 6.54 Å². The van der Waals surface area contributed by atoms with Gasteiger partial charge in [0.2, 0.25) is 5.91 Å². The van der Waals surface area contributed by atoms with Crippen LogP contribution in [0.1, 0.15) is 53.6 Å². The van der Waals surface area contributed by atoms with E-state index in [1.807, 2.05) is 10.3 Å². The van der Waals surface area contributed by atoms with Crippen LogP contribution in [0.5, 0.6) is 0 Å². The van der Waals surface area contributed by atoms with Crippen molar-refractivity contribution < 1.29 is 14.0 Å². The van der Waals surface area contributed by atoms with Gasteiger partial charge in [-0.2, -0.15) is 0 Å². The van der Waals surface area contributed by atoms with E-state index in [1.165, 1.54) is 6.92 Å². The van der Waals surface area contributed by atoms with Crippen LogP contribution in [0.3, 0.4) is 0 Å². The highest BCUT2D eigenvalue weighted by Gasteiger charge is 2.31. The standard InChI is InChI=1S/C16H19N3O3S/c1-11(20)18-10-12-5-6-14(22-12)16(21)19-8-3-2-4-13(19)15-17-7-9-23-15/h5-7,9,13H,2-4,8,10H2,1H3,(H,18,20). The Labute approximate surface area is 138 Å². The summed E-state index contributed by atoms with van der Waals surface area (Å²) in [6.07, 6.45) is 4.79. The van der Waals surface area contributed by atoms with Gasteiger partial charge in [0.1, 0.15) is 10.8 Å². The fourth-order valence-electron chi connectivity index (χ4n) is 2.77. The van der Waals surface area contributed by atoms with Gasteiger partial charge < -0.3 is 14.6 Å². The molecule has 1 unspecified atom stereocenters. The topological polar surface area (TPSA) is 75.4 Å². The van der Waals surface area contributed by atoms with Gasteiger partial charge in [0, 0.05) is 25.0 Å². The monoisotopic (exact) mass is 333 g/mol. The van der Waals surface area contributed by atoms with Gasteiger partial charge in [-0.25, -0.2) is 4.98 Å². The molecule has 1 fully saturated rings. The van der Waals surface area contributed by atoms with Crippen molar-refractivity contribution in [1.82, 2.24) is 15.2 Å². The lowest BCUT2D eigenvalue weighted by molar-refractivity contribution is -0.119. The second-order valence-corrected chi connectivity index (χ2v) is 6.48. The van der Waals surface area contributed by atoms with E-state index in [0.29, 0.717) is 24.6 Å². The lowest BCUT2D eigenvalue weighted by atomic mass is 10.0. The lowest BCUT2D eigenvalue weighted by Crippen LogP contribution is -2.38. The molecule has 0 saturated carbocycles. The van der Waals surface area contributed by atoms with Crippen molar-refractivity contribution >= 4 is 23.2 Å². The Balaban J connectivity index is 1.74. The zero-order valence-corrected chi connectivity index (χ0v) is 13.8. The molecule has 0 aliphatic carbocycles. The molecule has 23 heavy (non-hydrogen) atoms. The number of likely N-dealkylation sites (tertiary alicyclic amines) is 1. The number of carbonyl (C=O) groups is 2. The number of aromatic nitrogens is 1. The molecule has 0 aromatic carbocycles. The molecule has 1 atom stereocenters. The Morgan fingerprint density at radius 1 is 1.43 bits per heavy atom. The van der Waals surface area contributed by atoms with Crippen molar-refractivity contribution in [2.45, 2.75) is 38.8 Å². The van der Waals surface area contributed by atoms with Crippen LogP contribution in [-0.4, -0.2) is 28.2 Å². The molecule has 0 spiro atoms. The molecule has 0 radical (unpaired) electrons. The second kappa shape index (κ2) is 6.95. The fourth-order valence-corrected chi connectivity index (χ4v) is 3.56. The third-order valence-electron chi connectivity index (χ3n) is 3.88. The summed E-state index contributed by atoms with van der Waals surface area (Å²) in [4.78, 5) is 29.9. The summed E-state index contributed by atoms with van der Waals surface area (Å²) in [6, 6.07) is 3.43. The second-order valence-electron chi connectivity index (χ2n) is 5.56. The first kappa shape index (κ1) is 15.7. The highest BCUT2D eigenvalue weighted by Crippen LogP contribution is 2.33. The third kappa shape index (κ3) is 3.61. The number of rotatable bonds is 4. The Kier molecular flexibility index (Phi) is 4.76. The van der Waals surface area contributed by atoms with Crippen LogP contribution < -0.4 is 5.32 Å². The van der Waals surface area contributed by atoms with E-state index >= 15 is 0 Å². The molecule has 2 aromatic rings. The number of nitrogens with zero attached hydrogens (tertiary/aromatic N) is 2. The number of carbonyl (C=O) groups excluding carboxylic acids is 2. The average molecular weight is 333 g/mol. The largest absolute Gasteiger partial charge is 0.454 e. The molecule has 3 heterocycles. The summed E-state index contributed by atoms with van der Waals surface area (Å²) in [7, 11) is 0. The molecule has 1 aliphatic heterocycles. The van der Waals surface area contributed by atoms with Crippen LogP contribution in [-0.2, 0) is 11.3 Å². The van der Waals surface area contributed by atoms with Gasteiger partial charge in [0.15, 0.2) is 5.76 Å². The highest BCUT2D eigenvalue weighted by atomic mass is 32.1. The first-order valence-corrected chi connectivity index (χ1v) is 8.56. The van der Waals surface area contributed by atoms with Crippen molar-refractivity contribution in [1.29, 1.82) is 0 Å². The Morgan fingerprint density at radius 2 is 2.30 bits per heavy atom. The molecule has 3 rings (SSSR count). The normalized spacial score (nSPS) is 18.0. The molecule has 1 saturated heterocycles. The molecule has 2 amide bonds. The third-order valence-corrected chi connectivity index (χ3v) is 4.76. The number of hydrogen-bond acceptors (Lipinski definition) is 5. The molecule has 7 heteroatoms. The van der Waals surface area contributed by atoms with Crippen LogP contribution in [0.4, 0.5) is 0 Å². The van der Waals surface area contributed by atoms with Gasteiger partial charge in [-0.15, -0.1) is 11.3 Å². The first-order valence-electron chi connectivity index (χ1n) is 7.68. The maximum absolute atomic E-state index is 12.8. The van der Waals surface area contributed by atoms with Crippen molar-refractivity contribution in [3.63, 3.8) is 0 Å². The summed E-state index contributed by atoms with van der Waals surface area (Å²) in [6.45, 7) is 2.45. The van der Waals surface area contributed by atoms with Crippen molar-refractivity contribution in [3.8, 4) is 0 Å².